The van der Waals surface area contributed by atoms with E-state index < -0.39 is 6.10 Å². The molecule has 6 heteroatoms. The zero-order chi connectivity index (χ0) is 47.2. The molecule has 1 atom stereocenters. The Hall–Kier alpha value is -3.41. The third kappa shape index (κ3) is 51.4. The van der Waals surface area contributed by atoms with Gasteiger partial charge >= 0.3 is 17.9 Å². The molecule has 0 radical (unpaired) electrons. The van der Waals surface area contributed by atoms with E-state index in [0.29, 0.717) is 19.3 Å². The van der Waals surface area contributed by atoms with Gasteiger partial charge in [-0.25, -0.2) is 0 Å². The van der Waals surface area contributed by atoms with Crippen LogP contribution in [0, 0.1) is 0 Å². The molecule has 372 valence electrons. The van der Waals surface area contributed by atoms with Crippen LogP contribution < -0.4 is 0 Å². The summed E-state index contributed by atoms with van der Waals surface area (Å²) in [6.07, 6.45) is 68.6. The molecule has 0 aromatic carbocycles. The van der Waals surface area contributed by atoms with Crippen molar-refractivity contribution in [2.45, 2.75) is 258 Å². The van der Waals surface area contributed by atoms with Crippen molar-refractivity contribution in [1.82, 2.24) is 0 Å². The fraction of sp³-hybridized carbons (Fsp3) is 0.712. The highest BCUT2D eigenvalue weighted by molar-refractivity contribution is 5.71. The van der Waals surface area contributed by atoms with Crippen LogP contribution in [0.5, 0.6) is 0 Å². The van der Waals surface area contributed by atoms with E-state index in [-0.39, 0.29) is 31.1 Å². The lowest BCUT2D eigenvalue weighted by Gasteiger charge is -2.18. The molecular weight excluding hydrogens is 805 g/mol. The lowest BCUT2D eigenvalue weighted by atomic mass is 10.1. The number of ether oxygens (including phenoxy) is 3. The first-order valence-corrected chi connectivity index (χ1v) is 27.1. The average molecular weight is 905 g/mol. The molecule has 0 heterocycles. The van der Waals surface area contributed by atoms with Crippen LogP contribution in [0.1, 0.15) is 252 Å². The van der Waals surface area contributed by atoms with Gasteiger partial charge in [0.15, 0.2) is 6.10 Å². The Morgan fingerprint density at radius 1 is 0.323 bits per heavy atom. The highest BCUT2D eigenvalue weighted by Gasteiger charge is 2.19. The van der Waals surface area contributed by atoms with Gasteiger partial charge in [0.2, 0.25) is 0 Å². The maximum absolute atomic E-state index is 12.8. The second-order valence-corrected chi connectivity index (χ2v) is 17.7. The molecule has 0 rings (SSSR count). The molecule has 0 amide bonds. The Morgan fingerprint density at radius 2 is 0.631 bits per heavy atom. The van der Waals surface area contributed by atoms with Crippen LogP contribution in [0.2, 0.25) is 0 Å². The number of hydrogen-bond acceptors (Lipinski definition) is 6. The summed E-state index contributed by atoms with van der Waals surface area (Å²) < 4.78 is 16.8. The van der Waals surface area contributed by atoms with Crippen LogP contribution >= 0.6 is 0 Å². The molecule has 0 aromatic rings. The van der Waals surface area contributed by atoms with E-state index in [1.807, 2.05) is 0 Å². The Morgan fingerprint density at radius 3 is 1.02 bits per heavy atom. The summed E-state index contributed by atoms with van der Waals surface area (Å²) in [5.41, 5.74) is 0. The number of esters is 3. The van der Waals surface area contributed by atoms with E-state index in [1.165, 1.54) is 70.6 Å². The molecule has 65 heavy (non-hydrogen) atoms. The Kier molecular flexibility index (Phi) is 50.4. The van der Waals surface area contributed by atoms with Crippen molar-refractivity contribution in [3.8, 4) is 0 Å². The fourth-order valence-corrected chi connectivity index (χ4v) is 7.29. The third-order valence-corrected chi connectivity index (χ3v) is 11.3. The number of rotatable bonds is 48. The lowest BCUT2D eigenvalue weighted by Crippen LogP contribution is -2.30. The van der Waals surface area contributed by atoms with Crippen molar-refractivity contribution in [3.63, 3.8) is 0 Å². The number of carbonyl (C=O) groups is 3. The van der Waals surface area contributed by atoms with Gasteiger partial charge in [-0.05, 0) is 109 Å². The molecule has 6 nitrogen and oxygen atoms in total. The predicted octanol–water partition coefficient (Wildman–Crippen LogP) is 18.0. The summed E-state index contributed by atoms with van der Waals surface area (Å²) in [6, 6.07) is 0. The lowest BCUT2D eigenvalue weighted by molar-refractivity contribution is -0.167. The maximum atomic E-state index is 12.8. The summed E-state index contributed by atoms with van der Waals surface area (Å²) in [7, 11) is 0. The molecule has 0 saturated carbocycles. The highest BCUT2D eigenvalue weighted by atomic mass is 16.6. The van der Waals surface area contributed by atoms with Gasteiger partial charge in [0.1, 0.15) is 13.2 Å². The van der Waals surface area contributed by atoms with Gasteiger partial charge in [-0.1, -0.05) is 209 Å². The first-order chi connectivity index (χ1) is 32.0. The zero-order valence-electron chi connectivity index (χ0n) is 42.5. The monoisotopic (exact) mass is 905 g/mol. The summed E-state index contributed by atoms with van der Waals surface area (Å²) in [5, 5.41) is 0. The van der Waals surface area contributed by atoms with Crippen LogP contribution in [0.4, 0.5) is 0 Å². The van der Waals surface area contributed by atoms with Gasteiger partial charge < -0.3 is 14.2 Å². The standard InChI is InChI=1S/C59H100O6/c1-4-7-10-13-16-19-22-24-26-28-29-30-31-32-34-35-37-40-43-46-49-52-58(61)64-55-56(54-63-57(60)51-48-45-42-39-21-18-15-12-9-6-3)65-59(62)53-50-47-44-41-38-36-33-27-25-23-20-17-14-11-8-5-2/h7,10,12,15-16,19,24,26-27,29-30,32-34,56H,4-6,8-9,11,13-14,17-18,20-23,25,28,31,35-55H2,1-3H3/b10-7-,15-12-,19-16-,26-24-,30-29-,33-27-,34-32-. The van der Waals surface area contributed by atoms with E-state index in [9.17, 15) is 14.4 Å². The molecule has 0 aromatic heterocycles. The smallest absolute Gasteiger partial charge is 0.306 e. The summed E-state index contributed by atoms with van der Waals surface area (Å²) >= 11 is 0. The van der Waals surface area contributed by atoms with Gasteiger partial charge in [0.25, 0.3) is 0 Å². The van der Waals surface area contributed by atoms with Crippen LogP contribution in [0.25, 0.3) is 0 Å². The quantitative estimate of drug-likeness (QED) is 0.0262. The number of hydrogen-bond donors (Lipinski definition) is 0. The van der Waals surface area contributed by atoms with Crippen molar-refractivity contribution in [1.29, 1.82) is 0 Å². The van der Waals surface area contributed by atoms with Gasteiger partial charge in [-0.3, -0.25) is 14.4 Å². The largest absolute Gasteiger partial charge is 0.462 e. The highest BCUT2D eigenvalue weighted by Crippen LogP contribution is 2.14. The normalized spacial score (nSPS) is 12.7. The molecule has 0 saturated heterocycles. The minimum atomic E-state index is -0.792. The number of unbranched alkanes of at least 4 members (excludes halogenated alkanes) is 23. The first-order valence-electron chi connectivity index (χ1n) is 27.1. The topological polar surface area (TPSA) is 78.9 Å². The molecular formula is C59H100O6. The first kappa shape index (κ1) is 61.6. The molecule has 0 aliphatic rings. The van der Waals surface area contributed by atoms with E-state index in [2.05, 4.69) is 106 Å². The number of carbonyl (C=O) groups excluding carboxylic acids is 3. The summed E-state index contributed by atoms with van der Waals surface area (Å²) in [4.78, 5) is 38.0. The average Bonchev–Trinajstić information content (AvgIpc) is 3.30. The summed E-state index contributed by atoms with van der Waals surface area (Å²) in [5.74, 6) is -0.928. The van der Waals surface area contributed by atoms with Crippen molar-refractivity contribution >= 4 is 17.9 Å². The van der Waals surface area contributed by atoms with E-state index >= 15 is 0 Å². The second kappa shape index (κ2) is 53.2. The van der Waals surface area contributed by atoms with Crippen LogP contribution in [-0.4, -0.2) is 37.2 Å². The third-order valence-electron chi connectivity index (χ3n) is 11.3. The van der Waals surface area contributed by atoms with Crippen LogP contribution in [-0.2, 0) is 28.6 Å². The SMILES string of the molecule is CC/C=C\C/C=C\C/C=C\C/C=C\C/C=C\CCCCCCCC(=O)OCC(COC(=O)CCCCCCC/C=C\CCC)OC(=O)CCCCCCC/C=C\CCCCCCCCC. The van der Waals surface area contributed by atoms with Crippen molar-refractivity contribution in [2.24, 2.45) is 0 Å². The molecule has 0 bridgehead atoms. The molecule has 0 aliphatic heterocycles. The summed E-state index contributed by atoms with van der Waals surface area (Å²) in [6.45, 7) is 6.43. The Balaban J connectivity index is 4.38. The van der Waals surface area contributed by atoms with E-state index in [0.717, 1.165) is 141 Å². The van der Waals surface area contributed by atoms with Crippen molar-refractivity contribution < 1.29 is 28.6 Å². The van der Waals surface area contributed by atoms with Gasteiger partial charge in [0, 0.05) is 19.3 Å². The number of allylic oxidation sites excluding steroid dienone is 14. The molecule has 1 unspecified atom stereocenters. The van der Waals surface area contributed by atoms with Crippen LogP contribution in [0.3, 0.4) is 0 Å². The second-order valence-electron chi connectivity index (χ2n) is 17.7. The van der Waals surface area contributed by atoms with E-state index in [4.69, 9.17) is 14.2 Å². The Labute approximate surface area is 401 Å². The van der Waals surface area contributed by atoms with Gasteiger partial charge in [-0.15, -0.1) is 0 Å². The fourth-order valence-electron chi connectivity index (χ4n) is 7.29. The minimum Gasteiger partial charge on any atom is -0.462 e. The zero-order valence-corrected chi connectivity index (χ0v) is 42.5. The Bertz CT molecular complexity index is 1270. The molecule has 0 fully saturated rings. The van der Waals surface area contributed by atoms with Crippen LogP contribution in [0.15, 0.2) is 85.1 Å². The van der Waals surface area contributed by atoms with E-state index in [1.54, 1.807) is 0 Å². The molecule has 0 aliphatic carbocycles. The maximum Gasteiger partial charge on any atom is 0.306 e. The molecule has 0 N–H and O–H groups in total. The van der Waals surface area contributed by atoms with Gasteiger partial charge in [0.05, 0.1) is 0 Å². The van der Waals surface area contributed by atoms with Crippen molar-refractivity contribution in [3.05, 3.63) is 85.1 Å². The van der Waals surface area contributed by atoms with Gasteiger partial charge in [-0.2, -0.15) is 0 Å². The van der Waals surface area contributed by atoms with Crippen molar-refractivity contribution in [2.75, 3.05) is 13.2 Å². The minimum absolute atomic E-state index is 0.0910. The molecule has 0 spiro atoms. The predicted molar refractivity (Wildman–Crippen MR) is 279 cm³/mol.